The number of thiophene rings is 1. The number of hydrogen-bond acceptors (Lipinski definition) is 4. The smallest absolute Gasteiger partial charge is 0.341 e. The predicted molar refractivity (Wildman–Crippen MR) is 77.7 cm³/mol. The summed E-state index contributed by atoms with van der Waals surface area (Å²) in [5, 5.41) is 3.42. The average molecular weight is 283 g/mol. The molecule has 0 spiro atoms. The van der Waals surface area contributed by atoms with Crippen LogP contribution >= 0.6 is 11.3 Å². The summed E-state index contributed by atoms with van der Waals surface area (Å²) in [5.74, 6) is -0.484. The van der Waals surface area contributed by atoms with Crippen molar-refractivity contribution in [2.75, 3.05) is 11.9 Å². The van der Waals surface area contributed by atoms with Gasteiger partial charge in [0, 0.05) is 10.8 Å². The first-order valence-corrected chi connectivity index (χ1v) is 7.39. The Kier molecular flexibility index (Phi) is 6.02. The second kappa shape index (κ2) is 7.28. The van der Waals surface area contributed by atoms with E-state index in [1.807, 2.05) is 20.8 Å². The van der Waals surface area contributed by atoms with Crippen LogP contribution < -0.4 is 5.32 Å². The number of hydrogen-bond donors (Lipinski definition) is 1. The fourth-order valence-corrected chi connectivity index (χ4v) is 2.67. The van der Waals surface area contributed by atoms with E-state index in [0.717, 1.165) is 17.7 Å². The van der Waals surface area contributed by atoms with Crippen molar-refractivity contribution >= 4 is 28.2 Å². The van der Waals surface area contributed by atoms with E-state index in [0.29, 0.717) is 17.2 Å². The Morgan fingerprint density at radius 2 is 2.11 bits per heavy atom. The molecule has 4 nitrogen and oxygen atoms in total. The Morgan fingerprint density at radius 3 is 2.68 bits per heavy atom. The van der Waals surface area contributed by atoms with Crippen molar-refractivity contribution in [3.63, 3.8) is 0 Å². The molecule has 0 saturated carbocycles. The van der Waals surface area contributed by atoms with Gasteiger partial charge in [-0.2, -0.15) is 0 Å². The van der Waals surface area contributed by atoms with E-state index in [1.165, 1.54) is 11.3 Å². The molecule has 0 bridgehead atoms. The second-order valence-corrected chi connectivity index (χ2v) is 5.76. The Bertz CT molecular complexity index is 454. The maximum Gasteiger partial charge on any atom is 0.341 e. The fraction of sp³-hybridized carbons (Fsp3) is 0.571. The highest BCUT2D eigenvalue weighted by Gasteiger charge is 2.20. The van der Waals surface area contributed by atoms with Crippen LogP contribution in [0.2, 0.25) is 0 Å². The van der Waals surface area contributed by atoms with E-state index in [9.17, 15) is 9.59 Å². The van der Waals surface area contributed by atoms with Crippen LogP contribution in [0.25, 0.3) is 0 Å². The maximum absolute atomic E-state index is 12.0. The van der Waals surface area contributed by atoms with E-state index >= 15 is 0 Å². The van der Waals surface area contributed by atoms with E-state index in [4.69, 9.17) is 4.74 Å². The van der Waals surface area contributed by atoms with Gasteiger partial charge in [-0.15, -0.1) is 11.3 Å². The summed E-state index contributed by atoms with van der Waals surface area (Å²) in [7, 11) is 0. The van der Waals surface area contributed by atoms with Gasteiger partial charge in [-0.25, -0.2) is 4.79 Å². The third kappa shape index (κ3) is 4.35. The van der Waals surface area contributed by atoms with Gasteiger partial charge in [-0.05, 0) is 26.3 Å². The molecular weight excluding hydrogens is 262 g/mol. The van der Waals surface area contributed by atoms with Gasteiger partial charge in [0.1, 0.15) is 5.00 Å². The number of carbonyl (C=O) groups is 2. The number of rotatable bonds is 6. The Labute approximate surface area is 118 Å². The number of carbonyl (C=O) groups excluding carboxylic acids is 2. The lowest BCUT2D eigenvalue weighted by atomic mass is 10.1. The van der Waals surface area contributed by atoms with Crippen LogP contribution in [-0.4, -0.2) is 18.5 Å². The molecule has 1 aromatic heterocycles. The summed E-state index contributed by atoms with van der Waals surface area (Å²) < 4.78 is 4.99. The van der Waals surface area contributed by atoms with Crippen LogP contribution in [0.15, 0.2) is 6.07 Å². The van der Waals surface area contributed by atoms with Crippen molar-refractivity contribution < 1.29 is 14.3 Å². The molecule has 1 rings (SSSR count). The lowest BCUT2D eigenvalue weighted by Gasteiger charge is -2.11. The molecule has 1 aromatic rings. The zero-order valence-corrected chi connectivity index (χ0v) is 12.7. The van der Waals surface area contributed by atoms with Gasteiger partial charge >= 0.3 is 5.97 Å². The van der Waals surface area contributed by atoms with Gasteiger partial charge in [0.05, 0.1) is 12.2 Å². The summed E-state index contributed by atoms with van der Waals surface area (Å²) in [5.41, 5.74) is 0.446. The van der Waals surface area contributed by atoms with Crippen molar-refractivity contribution in [2.24, 2.45) is 5.92 Å². The lowest BCUT2D eigenvalue weighted by molar-refractivity contribution is -0.119. The molecule has 0 aliphatic heterocycles. The quantitative estimate of drug-likeness (QED) is 0.811. The maximum atomic E-state index is 12.0. The predicted octanol–water partition coefficient (Wildman–Crippen LogP) is 3.61. The topological polar surface area (TPSA) is 55.4 Å². The van der Waals surface area contributed by atoms with Gasteiger partial charge in [-0.3, -0.25) is 4.79 Å². The normalized spacial score (nSPS) is 12.0. The summed E-state index contributed by atoms with van der Waals surface area (Å²) in [6.07, 6.45) is 1.80. The summed E-state index contributed by atoms with van der Waals surface area (Å²) in [6.45, 7) is 7.93. The van der Waals surface area contributed by atoms with Crippen molar-refractivity contribution in [1.29, 1.82) is 0 Å². The van der Waals surface area contributed by atoms with Crippen LogP contribution in [0.4, 0.5) is 5.00 Å². The summed E-state index contributed by atoms with van der Waals surface area (Å²) in [4.78, 5) is 24.8. The SMILES string of the molecule is CCCC(C)C(=O)Nc1sc(C)cc1C(=O)OCC. The molecule has 1 heterocycles. The van der Waals surface area contributed by atoms with Gasteiger partial charge in [0.15, 0.2) is 0 Å². The van der Waals surface area contributed by atoms with Crippen LogP contribution in [0.1, 0.15) is 48.8 Å². The molecule has 0 aliphatic rings. The minimum absolute atomic E-state index is 0.0470. The number of anilines is 1. The third-order valence-electron chi connectivity index (χ3n) is 2.76. The van der Waals surface area contributed by atoms with Crippen molar-refractivity contribution in [3.05, 3.63) is 16.5 Å². The zero-order valence-electron chi connectivity index (χ0n) is 11.9. The summed E-state index contributed by atoms with van der Waals surface area (Å²) in [6, 6.07) is 1.75. The highest BCUT2D eigenvalue weighted by molar-refractivity contribution is 7.16. The molecular formula is C14H21NO3S. The molecule has 0 radical (unpaired) electrons. The van der Waals surface area contributed by atoms with E-state index in [2.05, 4.69) is 5.32 Å². The van der Waals surface area contributed by atoms with E-state index in [-0.39, 0.29) is 17.8 Å². The van der Waals surface area contributed by atoms with Crippen molar-refractivity contribution in [1.82, 2.24) is 0 Å². The highest BCUT2D eigenvalue weighted by Crippen LogP contribution is 2.29. The lowest BCUT2D eigenvalue weighted by Crippen LogP contribution is -2.21. The number of esters is 1. The monoisotopic (exact) mass is 283 g/mol. The van der Waals surface area contributed by atoms with Crippen LogP contribution in [0, 0.1) is 12.8 Å². The van der Waals surface area contributed by atoms with Gasteiger partial charge in [-0.1, -0.05) is 20.3 Å². The van der Waals surface area contributed by atoms with Crippen LogP contribution in [0.3, 0.4) is 0 Å². The average Bonchev–Trinajstić information content (AvgIpc) is 2.71. The number of nitrogens with one attached hydrogen (secondary N) is 1. The first-order chi connectivity index (χ1) is 8.99. The van der Waals surface area contributed by atoms with Crippen LogP contribution in [-0.2, 0) is 9.53 Å². The molecule has 0 aliphatic carbocycles. The fourth-order valence-electron chi connectivity index (χ4n) is 1.77. The molecule has 1 N–H and O–H groups in total. The van der Waals surface area contributed by atoms with E-state index < -0.39 is 0 Å². The number of amides is 1. The minimum atomic E-state index is -0.384. The number of aryl methyl sites for hydroxylation is 1. The van der Waals surface area contributed by atoms with E-state index in [1.54, 1.807) is 13.0 Å². The standard InChI is InChI=1S/C14H21NO3S/c1-5-7-9(3)12(16)15-13-11(8-10(4)19-13)14(17)18-6-2/h8-9H,5-7H2,1-4H3,(H,15,16). The van der Waals surface area contributed by atoms with Crippen molar-refractivity contribution in [2.45, 2.75) is 40.5 Å². The Hall–Kier alpha value is -1.36. The minimum Gasteiger partial charge on any atom is -0.462 e. The molecule has 0 saturated heterocycles. The van der Waals surface area contributed by atoms with Gasteiger partial charge < -0.3 is 10.1 Å². The van der Waals surface area contributed by atoms with Crippen molar-refractivity contribution in [3.8, 4) is 0 Å². The second-order valence-electron chi connectivity index (χ2n) is 4.50. The molecule has 0 aromatic carbocycles. The highest BCUT2D eigenvalue weighted by atomic mass is 32.1. The molecule has 106 valence electrons. The Balaban J connectivity index is 2.83. The Morgan fingerprint density at radius 1 is 1.42 bits per heavy atom. The number of ether oxygens (including phenoxy) is 1. The van der Waals surface area contributed by atoms with Gasteiger partial charge in [0.25, 0.3) is 0 Å². The first kappa shape index (κ1) is 15.7. The summed E-state index contributed by atoms with van der Waals surface area (Å²) >= 11 is 1.40. The first-order valence-electron chi connectivity index (χ1n) is 6.58. The molecule has 1 unspecified atom stereocenters. The molecule has 5 heteroatoms. The molecule has 0 fully saturated rings. The van der Waals surface area contributed by atoms with Gasteiger partial charge in [0.2, 0.25) is 5.91 Å². The molecule has 19 heavy (non-hydrogen) atoms. The molecule has 1 atom stereocenters. The largest absolute Gasteiger partial charge is 0.462 e. The molecule has 1 amide bonds. The zero-order chi connectivity index (χ0) is 14.4. The third-order valence-corrected chi connectivity index (χ3v) is 3.72. The van der Waals surface area contributed by atoms with Crippen LogP contribution in [0.5, 0.6) is 0 Å².